The molecule has 2 N–H and O–H groups in total. The Balaban J connectivity index is 1.55. The van der Waals surface area contributed by atoms with E-state index in [1.807, 2.05) is 30.3 Å². The van der Waals surface area contributed by atoms with Crippen LogP contribution in [0, 0.1) is 5.92 Å². The number of amides is 2. The lowest BCUT2D eigenvalue weighted by Crippen LogP contribution is -2.40. The number of likely N-dealkylation sites (tertiary alicyclic amines) is 1. The third-order valence-corrected chi connectivity index (χ3v) is 4.21. The smallest absolute Gasteiger partial charge is 0.225 e. The van der Waals surface area contributed by atoms with E-state index < -0.39 is 0 Å². The monoisotopic (exact) mass is 287 g/mol. The minimum absolute atomic E-state index is 0.0209. The average molecular weight is 287 g/mol. The van der Waals surface area contributed by atoms with Gasteiger partial charge in [0.15, 0.2) is 0 Å². The number of nitrogens with one attached hydrogen (secondary N) is 2. The highest BCUT2D eigenvalue weighted by molar-refractivity contribution is 5.89. The van der Waals surface area contributed by atoms with Gasteiger partial charge in [0.25, 0.3) is 0 Å². The molecule has 2 amide bonds. The molecule has 21 heavy (non-hydrogen) atoms. The van der Waals surface area contributed by atoms with E-state index in [9.17, 15) is 9.59 Å². The van der Waals surface area contributed by atoms with E-state index in [4.69, 9.17) is 0 Å². The maximum Gasteiger partial charge on any atom is 0.225 e. The Morgan fingerprint density at radius 1 is 1.33 bits per heavy atom. The van der Waals surface area contributed by atoms with Crippen molar-refractivity contribution in [3.63, 3.8) is 0 Å². The fraction of sp³-hybridized carbons (Fsp3) is 0.500. The fourth-order valence-corrected chi connectivity index (χ4v) is 3.00. The van der Waals surface area contributed by atoms with Crippen molar-refractivity contribution < 1.29 is 9.59 Å². The molecule has 3 rings (SSSR count). The molecule has 5 nitrogen and oxygen atoms in total. The lowest BCUT2D eigenvalue weighted by Gasteiger charge is -2.18. The molecule has 1 aromatic rings. The molecule has 2 heterocycles. The van der Waals surface area contributed by atoms with Gasteiger partial charge >= 0.3 is 0 Å². The summed E-state index contributed by atoms with van der Waals surface area (Å²) in [5.74, 6) is -0.113. The van der Waals surface area contributed by atoms with Crippen molar-refractivity contribution in [3.05, 3.63) is 35.9 Å². The normalized spacial score (nSPS) is 25.3. The minimum atomic E-state index is -0.207. The predicted molar refractivity (Wildman–Crippen MR) is 79.4 cm³/mol. The van der Waals surface area contributed by atoms with Crippen molar-refractivity contribution in [1.29, 1.82) is 0 Å². The van der Waals surface area contributed by atoms with E-state index in [0.717, 1.165) is 25.1 Å². The van der Waals surface area contributed by atoms with Crippen LogP contribution < -0.4 is 10.6 Å². The number of benzene rings is 1. The Morgan fingerprint density at radius 2 is 2.14 bits per heavy atom. The molecule has 0 aromatic heterocycles. The first-order chi connectivity index (χ1) is 10.2. The van der Waals surface area contributed by atoms with Gasteiger partial charge in [-0.25, -0.2) is 0 Å². The Kier molecular flexibility index (Phi) is 4.20. The summed E-state index contributed by atoms with van der Waals surface area (Å²) in [7, 11) is 0. The van der Waals surface area contributed by atoms with Crippen molar-refractivity contribution >= 4 is 11.8 Å². The second kappa shape index (κ2) is 6.26. The summed E-state index contributed by atoms with van der Waals surface area (Å²) in [6.07, 6.45) is 1.30. The molecule has 2 aliphatic heterocycles. The molecule has 0 saturated carbocycles. The van der Waals surface area contributed by atoms with Crippen molar-refractivity contribution in [1.82, 2.24) is 15.5 Å². The number of carbonyl (C=O) groups excluding carboxylic acids is 2. The van der Waals surface area contributed by atoms with Gasteiger partial charge in [0.1, 0.15) is 0 Å². The molecule has 0 aliphatic carbocycles. The van der Waals surface area contributed by atoms with Crippen LogP contribution in [0.3, 0.4) is 0 Å². The van der Waals surface area contributed by atoms with Gasteiger partial charge in [-0.15, -0.1) is 0 Å². The molecule has 0 bridgehead atoms. The first kappa shape index (κ1) is 14.1. The summed E-state index contributed by atoms with van der Waals surface area (Å²) >= 11 is 0. The summed E-state index contributed by atoms with van der Waals surface area (Å²) in [6, 6.07) is 10.1. The third kappa shape index (κ3) is 3.42. The van der Waals surface area contributed by atoms with E-state index in [1.165, 1.54) is 0 Å². The molecule has 2 saturated heterocycles. The maximum absolute atomic E-state index is 12.2. The molecule has 2 atom stereocenters. The molecule has 2 fully saturated rings. The number of carbonyl (C=O) groups is 2. The highest BCUT2D eigenvalue weighted by atomic mass is 16.2. The molecular formula is C16H21N3O2. The van der Waals surface area contributed by atoms with Crippen LogP contribution in [0.2, 0.25) is 0 Å². The highest BCUT2D eigenvalue weighted by Crippen LogP contribution is 2.20. The quantitative estimate of drug-likeness (QED) is 0.848. The van der Waals surface area contributed by atoms with Gasteiger partial charge in [-0.05, 0) is 18.5 Å². The van der Waals surface area contributed by atoms with E-state index in [1.54, 1.807) is 4.90 Å². The van der Waals surface area contributed by atoms with E-state index >= 15 is 0 Å². The van der Waals surface area contributed by atoms with Crippen LogP contribution in [0.5, 0.6) is 0 Å². The largest absolute Gasteiger partial charge is 0.352 e. The van der Waals surface area contributed by atoms with Crippen molar-refractivity contribution in [3.8, 4) is 0 Å². The molecule has 112 valence electrons. The van der Waals surface area contributed by atoms with E-state index in [0.29, 0.717) is 19.5 Å². The van der Waals surface area contributed by atoms with Crippen molar-refractivity contribution in [2.45, 2.75) is 25.4 Å². The standard InChI is InChI=1S/C16H21N3O2/c20-15-8-13(16(21)18-14-6-7-17-9-14)11-19(15)10-12-4-2-1-3-5-12/h1-5,13-14,17H,6-11H2,(H,18,21). The van der Waals surface area contributed by atoms with Crippen LogP contribution in [0.1, 0.15) is 18.4 Å². The van der Waals surface area contributed by atoms with Gasteiger partial charge in [-0.3, -0.25) is 9.59 Å². The Morgan fingerprint density at radius 3 is 2.86 bits per heavy atom. The summed E-state index contributed by atoms with van der Waals surface area (Å²) in [4.78, 5) is 26.1. The Bertz CT molecular complexity index is 512. The lowest BCUT2D eigenvalue weighted by atomic mass is 10.1. The second-order valence-electron chi connectivity index (χ2n) is 5.86. The first-order valence-corrected chi connectivity index (χ1v) is 7.55. The minimum Gasteiger partial charge on any atom is -0.352 e. The SMILES string of the molecule is O=C(NC1CCNC1)C1CC(=O)N(Cc2ccccc2)C1. The van der Waals surface area contributed by atoms with Crippen LogP contribution in [-0.2, 0) is 16.1 Å². The number of hydrogen-bond acceptors (Lipinski definition) is 3. The van der Waals surface area contributed by atoms with Gasteiger partial charge in [0.05, 0.1) is 5.92 Å². The van der Waals surface area contributed by atoms with Gasteiger partial charge < -0.3 is 15.5 Å². The molecule has 0 spiro atoms. The van der Waals surface area contributed by atoms with E-state index in [2.05, 4.69) is 10.6 Å². The topological polar surface area (TPSA) is 61.4 Å². The Labute approximate surface area is 124 Å². The van der Waals surface area contributed by atoms with Crippen LogP contribution in [-0.4, -0.2) is 42.4 Å². The molecule has 0 radical (unpaired) electrons. The summed E-state index contributed by atoms with van der Waals surface area (Å²) in [6.45, 7) is 2.91. The zero-order valence-electron chi connectivity index (χ0n) is 12.0. The number of nitrogens with zero attached hydrogens (tertiary/aromatic N) is 1. The Hall–Kier alpha value is -1.88. The fourth-order valence-electron chi connectivity index (χ4n) is 3.00. The van der Waals surface area contributed by atoms with E-state index in [-0.39, 0.29) is 23.8 Å². The summed E-state index contributed by atoms with van der Waals surface area (Å²) < 4.78 is 0. The molecular weight excluding hydrogens is 266 g/mol. The average Bonchev–Trinajstić information content (AvgIpc) is 3.11. The second-order valence-corrected chi connectivity index (χ2v) is 5.86. The third-order valence-electron chi connectivity index (χ3n) is 4.21. The maximum atomic E-state index is 12.2. The zero-order chi connectivity index (χ0) is 14.7. The van der Waals surface area contributed by atoms with Crippen molar-refractivity contribution in [2.75, 3.05) is 19.6 Å². The summed E-state index contributed by atoms with van der Waals surface area (Å²) in [5, 5.41) is 6.27. The van der Waals surface area contributed by atoms with Crippen LogP contribution in [0.15, 0.2) is 30.3 Å². The van der Waals surface area contributed by atoms with Gasteiger partial charge in [-0.1, -0.05) is 30.3 Å². The number of rotatable bonds is 4. The highest BCUT2D eigenvalue weighted by Gasteiger charge is 2.35. The summed E-state index contributed by atoms with van der Waals surface area (Å²) in [5.41, 5.74) is 1.10. The van der Waals surface area contributed by atoms with Gasteiger partial charge in [0, 0.05) is 32.1 Å². The molecule has 5 heteroatoms. The van der Waals surface area contributed by atoms with Gasteiger partial charge in [0.2, 0.25) is 11.8 Å². The predicted octanol–water partition coefficient (Wildman–Crippen LogP) is 0.513. The lowest BCUT2D eigenvalue weighted by molar-refractivity contribution is -0.129. The number of hydrogen-bond donors (Lipinski definition) is 2. The first-order valence-electron chi connectivity index (χ1n) is 7.55. The van der Waals surface area contributed by atoms with Crippen LogP contribution >= 0.6 is 0 Å². The van der Waals surface area contributed by atoms with Gasteiger partial charge in [-0.2, -0.15) is 0 Å². The van der Waals surface area contributed by atoms with Crippen LogP contribution in [0.4, 0.5) is 0 Å². The molecule has 2 unspecified atom stereocenters. The zero-order valence-corrected chi connectivity index (χ0v) is 12.0. The van der Waals surface area contributed by atoms with Crippen LogP contribution in [0.25, 0.3) is 0 Å². The molecule has 1 aromatic carbocycles. The van der Waals surface area contributed by atoms with Crippen molar-refractivity contribution in [2.24, 2.45) is 5.92 Å². The molecule has 2 aliphatic rings.